The number of aryl methyl sites for hydroxylation is 1. The number of benzene rings is 1. The number of hydrogen-bond donors (Lipinski definition) is 1. The summed E-state index contributed by atoms with van der Waals surface area (Å²) in [5, 5.41) is 8.89. The van der Waals surface area contributed by atoms with Crippen molar-refractivity contribution in [2.75, 3.05) is 24.5 Å². The molecule has 0 aliphatic carbocycles. The second-order valence-electron chi connectivity index (χ2n) is 7.29. The molecular weight excluding hydrogens is 350 g/mol. The number of rotatable bonds is 3. The van der Waals surface area contributed by atoms with Gasteiger partial charge in [0.25, 0.3) is 0 Å². The molecule has 1 atom stereocenters. The van der Waals surface area contributed by atoms with Crippen LogP contribution in [0.15, 0.2) is 55.2 Å². The first-order valence-electron chi connectivity index (χ1n) is 9.60. The van der Waals surface area contributed by atoms with Gasteiger partial charge in [0.15, 0.2) is 5.65 Å². The van der Waals surface area contributed by atoms with Crippen molar-refractivity contribution in [2.45, 2.75) is 13.0 Å². The van der Waals surface area contributed by atoms with Gasteiger partial charge in [-0.3, -0.25) is 9.25 Å². The molecule has 4 heterocycles. The molecule has 0 amide bonds. The van der Waals surface area contributed by atoms with Crippen molar-refractivity contribution >= 4 is 16.9 Å². The highest BCUT2D eigenvalue weighted by molar-refractivity contribution is 6.02. The van der Waals surface area contributed by atoms with Crippen LogP contribution in [0.3, 0.4) is 0 Å². The van der Waals surface area contributed by atoms with E-state index in [0.29, 0.717) is 6.04 Å². The minimum atomic E-state index is 0.372. The molecule has 1 fully saturated rings. The maximum atomic E-state index is 4.73. The van der Waals surface area contributed by atoms with E-state index in [-0.39, 0.29) is 0 Å². The van der Waals surface area contributed by atoms with Crippen molar-refractivity contribution in [3.05, 3.63) is 55.2 Å². The van der Waals surface area contributed by atoms with E-state index in [9.17, 15) is 0 Å². The van der Waals surface area contributed by atoms with Crippen LogP contribution in [-0.2, 0) is 7.05 Å². The second kappa shape index (κ2) is 6.76. The number of aromatic nitrogens is 5. The Morgan fingerprint density at radius 1 is 1.11 bits per heavy atom. The lowest BCUT2D eigenvalue weighted by Crippen LogP contribution is -2.50. The van der Waals surface area contributed by atoms with Gasteiger partial charge in [0.05, 0.1) is 17.3 Å². The molecule has 0 spiro atoms. The zero-order chi connectivity index (χ0) is 19.1. The van der Waals surface area contributed by atoms with Gasteiger partial charge >= 0.3 is 0 Å². The minimum absolute atomic E-state index is 0.372. The van der Waals surface area contributed by atoms with E-state index in [2.05, 4.69) is 62.3 Å². The van der Waals surface area contributed by atoms with Crippen LogP contribution in [0, 0.1) is 0 Å². The minimum Gasteiger partial charge on any atom is -0.351 e. The van der Waals surface area contributed by atoms with Crippen LogP contribution < -0.4 is 10.2 Å². The van der Waals surface area contributed by atoms with Gasteiger partial charge in [0, 0.05) is 50.7 Å². The van der Waals surface area contributed by atoms with E-state index >= 15 is 0 Å². The molecular formula is C21H23N7. The molecule has 0 radical (unpaired) electrons. The summed E-state index contributed by atoms with van der Waals surface area (Å²) < 4.78 is 3.92. The topological polar surface area (TPSA) is 63.8 Å². The molecule has 1 N–H and O–H groups in total. The fraction of sp³-hybridized carbons (Fsp3) is 0.286. The lowest BCUT2D eigenvalue weighted by molar-refractivity contribution is 0.498. The van der Waals surface area contributed by atoms with Crippen LogP contribution >= 0.6 is 0 Å². The van der Waals surface area contributed by atoms with E-state index in [1.54, 1.807) is 6.33 Å². The highest BCUT2D eigenvalue weighted by Crippen LogP contribution is 2.37. The summed E-state index contributed by atoms with van der Waals surface area (Å²) in [6.45, 7) is 5.08. The van der Waals surface area contributed by atoms with Gasteiger partial charge in [-0.15, -0.1) is 0 Å². The first-order valence-corrected chi connectivity index (χ1v) is 9.60. The van der Waals surface area contributed by atoms with Crippen LogP contribution in [-0.4, -0.2) is 50.0 Å². The molecule has 1 unspecified atom stereocenters. The normalized spacial score (nSPS) is 17.4. The smallest absolute Gasteiger partial charge is 0.150 e. The van der Waals surface area contributed by atoms with Crippen LogP contribution in [0.4, 0.5) is 5.82 Å². The number of hydrogen-bond acceptors (Lipinski definition) is 5. The third kappa shape index (κ3) is 2.75. The summed E-state index contributed by atoms with van der Waals surface area (Å²) in [6.07, 6.45) is 7.70. The predicted octanol–water partition coefficient (Wildman–Crippen LogP) is 2.62. The second-order valence-corrected chi connectivity index (χ2v) is 7.29. The zero-order valence-corrected chi connectivity index (χ0v) is 16.1. The highest BCUT2D eigenvalue weighted by atomic mass is 15.3. The summed E-state index contributed by atoms with van der Waals surface area (Å²) >= 11 is 0. The average molecular weight is 373 g/mol. The molecule has 7 nitrogen and oxygen atoms in total. The molecule has 1 aromatic carbocycles. The van der Waals surface area contributed by atoms with Crippen LogP contribution in [0.25, 0.3) is 27.8 Å². The Kier molecular flexibility index (Phi) is 4.09. The summed E-state index contributed by atoms with van der Waals surface area (Å²) in [5.74, 6) is 1.00. The van der Waals surface area contributed by atoms with E-state index < -0.39 is 0 Å². The average Bonchev–Trinajstić information content (AvgIpc) is 3.32. The van der Waals surface area contributed by atoms with Gasteiger partial charge in [0.1, 0.15) is 12.1 Å². The van der Waals surface area contributed by atoms with Gasteiger partial charge in [-0.25, -0.2) is 9.97 Å². The standard InChI is InChI=1S/C21H23N7/c1-15-10-22-8-9-27(15)20-19-18(16-6-4-3-5-7-16)13-28(21(19)24-14-23-20)17-11-25-26(2)12-17/h3-7,11-15,22H,8-10H2,1-2H3. The Labute approximate surface area is 163 Å². The third-order valence-corrected chi connectivity index (χ3v) is 5.39. The highest BCUT2D eigenvalue weighted by Gasteiger charge is 2.25. The molecule has 1 saturated heterocycles. The fourth-order valence-corrected chi connectivity index (χ4v) is 3.99. The molecule has 3 aromatic heterocycles. The number of piperazine rings is 1. The molecule has 142 valence electrons. The van der Waals surface area contributed by atoms with Crippen LogP contribution in [0.1, 0.15) is 6.92 Å². The summed E-state index contributed by atoms with van der Waals surface area (Å²) in [5.41, 5.74) is 4.20. The summed E-state index contributed by atoms with van der Waals surface area (Å²) in [4.78, 5) is 11.8. The van der Waals surface area contributed by atoms with Crippen LogP contribution in [0.2, 0.25) is 0 Å². The number of nitrogens with one attached hydrogen (secondary N) is 1. The lowest BCUT2D eigenvalue weighted by atomic mass is 10.1. The van der Waals surface area contributed by atoms with Gasteiger partial charge in [-0.2, -0.15) is 5.10 Å². The number of fused-ring (bicyclic) bond motifs is 1. The molecule has 7 heteroatoms. The van der Waals surface area contributed by atoms with Crippen molar-refractivity contribution in [1.29, 1.82) is 0 Å². The molecule has 1 aliphatic heterocycles. The molecule has 0 saturated carbocycles. The van der Waals surface area contributed by atoms with Crippen LogP contribution in [0.5, 0.6) is 0 Å². The maximum Gasteiger partial charge on any atom is 0.150 e. The van der Waals surface area contributed by atoms with Gasteiger partial charge in [-0.1, -0.05) is 30.3 Å². The summed E-state index contributed by atoms with van der Waals surface area (Å²) in [7, 11) is 1.93. The first kappa shape index (κ1) is 16.9. The van der Waals surface area contributed by atoms with E-state index in [4.69, 9.17) is 4.98 Å². The van der Waals surface area contributed by atoms with Crippen molar-refractivity contribution in [3.63, 3.8) is 0 Å². The maximum absolute atomic E-state index is 4.73. The Bertz CT molecular complexity index is 1110. The van der Waals surface area contributed by atoms with E-state index in [1.165, 1.54) is 0 Å². The Morgan fingerprint density at radius 3 is 2.71 bits per heavy atom. The molecule has 0 bridgehead atoms. The quantitative estimate of drug-likeness (QED) is 0.598. The first-order chi connectivity index (χ1) is 13.7. The zero-order valence-electron chi connectivity index (χ0n) is 16.1. The SMILES string of the molecule is CC1CNCCN1c1ncnc2c1c(-c1ccccc1)cn2-c1cnn(C)c1. The van der Waals surface area contributed by atoms with Gasteiger partial charge in [0.2, 0.25) is 0 Å². The van der Waals surface area contributed by atoms with E-state index in [1.807, 2.05) is 30.2 Å². The van der Waals surface area contributed by atoms with Crippen molar-refractivity contribution in [3.8, 4) is 16.8 Å². The van der Waals surface area contributed by atoms with Crippen molar-refractivity contribution in [1.82, 2.24) is 29.6 Å². The molecule has 28 heavy (non-hydrogen) atoms. The molecule has 4 aromatic rings. The van der Waals surface area contributed by atoms with Gasteiger partial charge < -0.3 is 10.2 Å². The Balaban J connectivity index is 1.79. The summed E-state index contributed by atoms with van der Waals surface area (Å²) in [6, 6.07) is 10.8. The Morgan fingerprint density at radius 2 is 1.96 bits per heavy atom. The number of anilines is 1. The van der Waals surface area contributed by atoms with E-state index in [0.717, 1.165) is 53.3 Å². The monoisotopic (exact) mass is 373 g/mol. The lowest BCUT2D eigenvalue weighted by Gasteiger charge is -2.35. The Hall–Kier alpha value is -3.19. The van der Waals surface area contributed by atoms with Crippen molar-refractivity contribution < 1.29 is 0 Å². The molecule has 5 rings (SSSR count). The van der Waals surface area contributed by atoms with Gasteiger partial charge in [-0.05, 0) is 12.5 Å². The third-order valence-electron chi connectivity index (χ3n) is 5.39. The largest absolute Gasteiger partial charge is 0.351 e. The molecule has 1 aliphatic rings. The fourth-order valence-electron chi connectivity index (χ4n) is 3.99. The van der Waals surface area contributed by atoms with Crippen molar-refractivity contribution in [2.24, 2.45) is 7.05 Å². The number of nitrogens with zero attached hydrogens (tertiary/aromatic N) is 6. The predicted molar refractivity (Wildman–Crippen MR) is 111 cm³/mol.